The van der Waals surface area contributed by atoms with Crippen LogP contribution in [0.5, 0.6) is 0 Å². The lowest BCUT2D eigenvalue weighted by molar-refractivity contribution is 0.0755. The number of nitrogens with one attached hydrogen (secondary N) is 1. The number of rotatable bonds is 2. The van der Waals surface area contributed by atoms with Crippen LogP contribution in [0.1, 0.15) is 50.4 Å². The molecule has 128 valence electrons. The van der Waals surface area contributed by atoms with Gasteiger partial charge < -0.3 is 5.32 Å². The molecule has 1 aromatic heterocycles. The normalized spacial score (nSPS) is 26.9. The maximum atomic E-state index is 12.5. The molecule has 0 radical (unpaired) electrons. The minimum absolute atomic E-state index is 0.0408. The molecule has 3 fully saturated rings. The lowest BCUT2D eigenvalue weighted by atomic mass is 9.72. The van der Waals surface area contributed by atoms with Crippen molar-refractivity contribution in [3.63, 3.8) is 0 Å². The number of benzene rings is 1. The Morgan fingerprint density at radius 3 is 2.79 bits per heavy atom. The van der Waals surface area contributed by atoms with E-state index in [1.807, 2.05) is 27.0 Å². The summed E-state index contributed by atoms with van der Waals surface area (Å²) in [6.07, 6.45) is 7.04. The van der Waals surface area contributed by atoms with Crippen molar-refractivity contribution in [1.82, 2.24) is 15.1 Å². The van der Waals surface area contributed by atoms with Gasteiger partial charge in [0.1, 0.15) is 0 Å². The van der Waals surface area contributed by atoms with Crippen molar-refractivity contribution in [3.05, 3.63) is 30.0 Å². The molecule has 2 saturated heterocycles. The third-order valence-corrected chi connectivity index (χ3v) is 5.72. The van der Waals surface area contributed by atoms with Crippen LogP contribution in [0.15, 0.2) is 24.4 Å². The summed E-state index contributed by atoms with van der Waals surface area (Å²) >= 11 is 0. The second kappa shape index (κ2) is 5.69. The lowest BCUT2D eigenvalue weighted by Gasteiger charge is -2.43. The molecule has 24 heavy (non-hydrogen) atoms. The number of carbonyl (C=O) groups excluding carboxylic acids is 1. The van der Waals surface area contributed by atoms with Crippen LogP contribution >= 0.6 is 0 Å². The molecule has 4 nitrogen and oxygen atoms in total. The first-order valence-electron chi connectivity index (χ1n) is 9.16. The summed E-state index contributed by atoms with van der Waals surface area (Å²) in [6.45, 7) is 7.01. The van der Waals surface area contributed by atoms with E-state index < -0.39 is 5.41 Å². The van der Waals surface area contributed by atoms with Gasteiger partial charge >= 0.3 is 0 Å². The minimum Gasteiger partial charge on any atom is -0.313 e. The fourth-order valence-electron chi connectivity index (χ4n) is 4.35. The predicted molar refractivity (Wildman–Crippen MR) is 96.1 cm³/mol. The van der Waals surface area contributed by atoms with Gasteiger partial charge in [0.2, 0.25) is 0 Å². The van der Waals surface area contributed by atoms with Crippen LogP contribution in [-0.2, 0) is 6.42 Å². The Bertz CT molecular complexity index is 763. The third-order valence-electron chi connectivity index (χ3n) is 5.72. The van der Waals surface area contributed by atoms with Gasteiger partial charge in [-0.05, 0) is 61.8 Å². The first kappa shape index (κ1) is 15.8. The number of hydrogen-bond donors (Lipinski definition) is 1. The molecule has 3 atom stereocenters. The fourth-order valence-corrected chi connectivity index (χ4v) is 4.35. The van der Waals surface area contributed by atoms with Crippen LogP contribution in [0.2, 0.25) is 0 Å². The van der Waals surface area contributed by atoms with Crippen molar-refractivity contribution in [2.45, 2.75) is 52.5 Å². The number of piperidine rings is 2. The molecule has 2 aromatic rings. The summed E-state index contributed by atoms with van der Waals surface area (Å²) in [5, 5.41) is 9.11. The smallest absolute Gasteiger partial charge is 0.252 e. The molecule has 1 N–H and O–H groups in total. The number of aromatic nitrogens is 2. The van der Waals surface area contributed by atoms with Crippen molar-refractivity contribution in [2.75, 3.05) is 6.54 Å². The molecule has 1 saturated carbocycles. The Hall–Kier alpha value is -1.68. The van der Waals surface area contributed by atoms with Crippen LogP contribution in [0.25, 0.3) is 10.9 Å². The van der Waals surface area contributed by atoms with Gasteiger partial charge in [0.05, 0.1) is 11.7 Å². The molecule has 1 aliphatic carbocycles. The zero-order valence-electron chi connectivity index (χ0n) is 14.9. The molecule has 3 heterocycles. The lowest BCUT2D eigenvalue weighted by Crippen LogP contribution is -2.50. The van der Waals surface area contributed by atoms with Crippen molar-refractivity contribution >= 4 is 16.8 Å². The Morgan fingerprint density at radius 2 is 2.17 bits per heavy atom. The number of fused-ring (bicyclic) bond motifs is 4. The van der Waals surface area contributed by atoms with E-state index in [0.29, 0.717) is 6.04 Å². The van der Waals surface area contributed by atoms with E-state index in [1.54, 1.807) is 4.68 Å². The monoisotopic (exact) mass is 325 g/mol. The van der Waals surface area contributed by atoms with Crippen molar-refractivity contribution < 1.29 is 4.79 Å². The van der Waals surface area contributed by atoms with Crippen LogP contribution in [0, 0.1) is 17.3 Å². The maximum absolute atomic E-state index is 12.5. The molecule has 0 amide bonds. The van der Waals surface area contributed by atoms with Crippen molar-refractivity contribution in [2.24, 2.45) is 17.3 Å². The topological polar surface area (TPSA) is 46.9 Å². The van der Waals surface area contributed by atoms with Gasteiger partial charge in [0.15, 0.2) is 0 Å². The zero-order chi connectivity index (χ0) is 16.9. The SMILES string of the molecule is CC(C)(C)C(=O)n1ncc2cc(CC3CC4CCC3NC4)ccc21. The van der Waals surface area contributed by atoms with E-state index in [9.17, 15) is 4.79 Å². The second-order valence-electron chi connectivity index (χ2n) is 8.66. The second-order valence-corrected chi connectivity index (χ2v) is 8.66. The Morgan fingerprint density at radius 1 is 1.33 bits per heavy atom. The maximum Gasteiger partial charge on any atom is 0.252 e. The highest BCUT2D eigenvalue weighted by Gasteiger charge is 2.35. The largest absolute Gasteiger partial charge is 0.313 e. The highest BCUT2D eigenvalue weighted by atomic mass is 16.2. The van der Waals surface area contributed by atoms with Gasteiger partial charge in [0, 0.05) is 16.8 Å². The minimum atomic E-state index is -0.426. The van der Waals surface area contributed by atoms with Crippen LogP contribution in [0.3, 0.4) is 0 Å². The summed E-state index contributed by atoms with van der Waals surface area (Å²) in [5.41, 5.74) is 1.86. The average Bonchev–Trinajstić information content (AvgIpc) is 2.97. The summed E-state index contributed by atoms with van der Waals surface area (Å²) in [4.78, 5) is 12.5. The molecular weight excluding hydrogens is 298 g/mol. The average molecular weight is 325 g/mol. The van der Waals surface area contributed by atoms with E-state index in [-0.39, 0.29) is 5.91 Å². The van der Waals surface area contributed by atoms with E-state index in [1.165, 1.54) is 31.4 Å². The first-order valence-corrected chi connectivity index (χ1v) is 9.16. The van der Waals surface area contributed by atoms with E-state index in [4.69, 9.17) is 0 Å². The van der Waals surface area contributed by atoms with Crippen LogP contribution in [0.4, 0.5) is 0 Å². The Balaban J connectivity index is 1.57. The van der Waals surface area contributed by atoms with E-state index in [2.05, 4.69) is 28.6 Å². The summed E-state index contributed by atoms with van der Waals surface area (Å²) < 4.78 is 1.56. The molecule has 0 spiro atoms. The molecule has 3 aliphatic rings. The van der Waals surface area contributed by atoms with Gasteiger partial charge in [-0.1, -0.05) is 26.8 Å². The molecule has 4 heteroatoms. The number of nitrogens with zero attached hydrogens (tertiary/aromatic N) is 2. The summed E-state index contributed by atoms with van der Waals surface area (Å²) in [6, 6.07) is 7.15. The Labute approximate surface area is 143 Å². The third kappa shape index (κ3) is 2.77. The van der Waals surface area contributed by atoms with Gasteiger partial charge in [0.25, 0.3) is 5.91 Å². The van der Waals surface area contributed by atoms with Gasteiger partial charge in [-0.15, -0.1) is 0 Å². The van der Waals surface area contributed by atoms with Crippen molar-refractivity contribution in [3.8, 4) is 0 Å². The summed E-state index contributed by atoms with van der Waals surface area (Å²) in [5.74, 6) is 1.66. The molecule has 3 unspecified atom stereocenters. The molecular formula is C20H27N3O. The van der Waals surface area contributed by atoms with Gasteiger partial charge in [-0.2, -0.15) is 9.78 Å². The zero-order valence-corrected chi connectivity index (χ0v) is 14.9. The summed E-state index contributed by atoms with van der Waals surface area (Å²) in [7, 11) is 0. The van der Waals surface area contributed by atoms with Crippen LogP contribution < -0.4 is 5.32 Å². The van der Waals surface area contributed by atoms with Crippen molar-refractivity contribution in [1.29, 1.82) is 0 Å². The standard InChI is InChI=1S/C20H27N3O/c1-20(2,3)19(24)23-18-7-5-13(9-16(18)12-22-23)8-15-10-14-4-6-17(15)21-11-14/h5,7,9,12,14-15,17,21H,4,6,8,10-11H2,1-3H3. The quantitative estimate of drug-likeness (QED) is 0.917. The Kier molecular flexibility index (Phi) is 3.75. The molecule has 2 aliphatic heterocycles. The number of carbonyl (C=O) groups is 1. The van der Waals surface area contributed by atoms with Gasteiger partial charge in [-0.25, -0.2) is 0 Å². The highest BCUT2D eigenvalue weighted by molar-refractivity contribution is 5.93. The van der Waals surface area contributed by atoms with Gasteiger partial charge in [-0.3, -0.25) is 4.79 Å². The molecule has 2 bridgehead atoms. The first-order chi connectivity index (χ1) is 11.4. The number of hydrogen-bond acceptors (Lipinski definition) is 3. The van der Waals surface area contributed by atoms with Crippen LogP contribution in [-0.4, -0.2) is 28.3 Å². The fraction of sp³-hybridized carbons (Fsp3) is 0.600. The predicted octanol–water partition coefficient (Wildman–Crippen LogP) is 3.65. The molecule has 5 rings (SSSR count). The van der Waals surface area contributed by atoms with E-state index in [0.717, 1.165) is 29.2 Å². The van der Waals surface area contributed by atoms with E-state index >= 15 is 0 Å². The molecule has 1 aromatic carbocycles. The highest BCUT2D eigenvalue weighted by Crippen LogP contribution is 2.36.